The average molecular weight is 215 g/mol. The fraction of sp³-hybridized carbons (Fsp3) is 0.250. The molecule has 0 fully saturated rings. The molecule has 5 nitrogen and oxygen atoms in total. The molecule has 6 heteroatoms. The number of aromatic carboxylic acids is 1. The summed E-state index contributed by atoms with van der Waals surface area (Å²) in [5, 5.41) is 8.40. The predicted molar refractivity (Wildman–Crippen MR) is 48.9 cm³/mol. The minimum absolute atomic E-state index is 0.0942. The minimum Gasteiger partial charge on any atom is -0.477 e. The lowest BCUT2D eigenvalue weighted by atomic mass is 10.4. The summed E-state index contributed by atoms with van der Waals surface area (Å²) in [7, 11) is -3.43. The molecule has 0 saturated carbocycles. The number of rotatable bonds is 3. The van der Waals surface area contributed by atoms with Gasteiger partial charge in [-0.3, -0.25) is 0 Å². The van der Waals surface area contributed by atoms with E-state index in [2.05, 4.69) is 4.98 Å². The molecule has 0 unspecified atom stereocenters. The first-order valence-corrected chi connectivity index (χ1v) is 5.55. The van der Waals surface area contributed by atoms with E-state index in [9.17, 15) is 13.2 Å². The fourth-order valence-corrected chi connectivity index (χ4v) is 1.67. The third-order valence-electron chi connectivity index (χ3n) is 1.64. The Morgan fingerprint density at radius 1 is 1.50 bits per heavy atom. The summed E-state index contributed by atoms with van der Waals surface area (Å²) < 4.78 is 22.6. The van der Waals surface area contributed by atoms with Gasteiger partial charge in [0.05, 0.1) is 5.75 Å². The van der Waals surface area contributed by atoms with E-state index in [4.69, 9.17) is 5.11 Å². The van der Waals surface area contributed by atoms with E-state index in [1.807, 2.05) is 0 Å². The van der Waals surface area contributed by atoms with Gasteiger partial charge in [-0.2, -0.15) is 0 Å². The van der Waals surface area contributed by atoms with Crippen molar-refractivity contribution in [3.05, 3.63) is 23.9 Å². The number of sulfone groups is 1. The van der Waals surface area contributed by atoms with E-state index < -0.39 is 15.8 Å². The van der Waals surface area contributed by atoms with Crippen LogP contribution in [0.3, 0.4) is 0 Å². The first-order valence-electron chi connectivity index (χ1n) is 3.90. The van der Waals surface area contributed by atoms with Crippen LogP contribution in [0.4, 0.5) is 0 Å². The van der Waals surface area contributed by atoms with E-state index in [-0.39, 0.29) is 16.5 Å². The fourth-order valence-electron chi connectivity index (χ4n) is 0.855. The Hall–Kier alpha value is -1.43. The molecular formula is C8H9NO4S. The Bertz CT molecular complexity index is 452. The van der Waals surface area contributed by atoms with Gasteiger partial charge in [-0.15, -0.1) is 0 Å². The summed E-state index contributed by atoms with van der Waals surface area (Å²) in [6.07, 6.45) is 0. The van der Waals surface area contributed by atoms with Crippen molar-refractivity contribution in [2.75, 3.05) is 5.75 Å². The van der Waals surface area contributed by atoms with Crippen LogP contribution >= 0.6 is 0 Å². The topological polar surface area (TPSA) is 84.3 Å². The molecule has 1 heterocycles. The molecule has 0 amide bonds. The molecule has 0 aliphatic rings. The maximum absolute atomic E-state index is 11.3. The zero-order chi connectivity index (χ0) is 10.8. The first kappa shape index (κ1) is 10.6. The molecular weight excluding hydrogens is 206 g/mol. The van der Waals surface area contributed by atoms with Crippen molar-refractivity contribution >= 4 is 15.8 Å². The highest BCUT2D eigenvalue weighted by molar-refractivity contribution is 7.91. The molecule has 0 radical (unpaired) electrons. The summed E-state index contributed by atoms with van der Waals surface area (Å²) in [5.41, 5.74) is -0.264. The lowest BCUT2D eigenvalue weighted by Crippen LogP contribution is -2.09. The third-order valence-corrected chi connectivity index (χ3v) is 3.27. The molecule has 1 N–H and O–H groups in total. The molecule has 0 aliphatic carbocycles. The van der Waals surface area contributed by atoms with Crippen LogP contribution in [0.2, 0.25) is 0 Å². The molecule has 1 aromatic heterocycles. The van der Waals surface area contributed by atoms with Gasteiger partial charge in [0.2, 0.25) is 0 Å². The second-order valence-electron chi connectivity index (χ2n) is 2.57. The minimum atomic E-state index is -3.43. The SMILES string of the molecule is CCS(=O)(=O)c1cccc(C(=O)O)n1. The molecule has 0 atom stereocenters. The molecule has 0 saturated heterocycles. The number of carboxylic acid groups (broad SMARTS) is 1. The van der Waals surface area contributed by atoms with Crippen LogP contribution in [0, 0.1) is 0 Å². The summed E-state index contributed by atoms with van der Waals surface area (Å²) in [6, 6.07) is 3.89. The van der Waals surface area contributed by atoms with Crippen LogP contribution in [-0.2, 0) is 9.84 Å². The zero-order valence-corrected chi connectivity index (χ0v) is 8.28. The monoisotopic (exact) mass is 215 g/mol. The van der Waals surface area contributed by atoms with Crippen LogP contribution < -0.4 is 0 Å². The van der Waals surface area contributed by atoms with Gasteiger partial charge < -0.3 is 5.11 Å². The van der Waals surface area contributed by atoms with Gasteiger partial charge in [0.1, 0.15) is 5.69 Å². The molecule has 0 spiro atoms. The number of hydrogen-bond donors (Lipinski definition) is 1. The quantitative estimate of drug-likeness (QED) is 0.796. The third kappa shape index (κ3) is 2.08. The molecule has 1 aromatic rings. The van der Waals surface area contributed by atoms with Crippen LogP contribution in [0.15, 0.2) is 23.2 Å². The van der Waals surface area contributed by atoms with Crippen molar-refractivity contribution in [2.24, 2.45) is 0 Å². The maximum atomic E-state index is 11.3. The van der Waals surface area contributed by atoms with Gasteiger partial charge in [0.25, 0.3) is 0 Å². The van der Waals surface area contributed by atoms with Gasteiger partial charge in [-0.25, -0.2) is 18.2 Å². The van der Waals surface area contributed by atoms with Gasteiger partial charge in [-0.1, -0.05) is 13.0 Å². The Labute approximate surface area is 81.3 Å². The van der Waals surface area contributed by atoms with E-state index in [1.54, 1.807) is 0 Å². The number of carbonyl (C=O) groups is 1. The van der Waals surface area contributed by atoms with Crippen LogP contribution in [0.1, 0.15) is 17.4 Å². The van der Waals surface area contributed by atoms with Crippen molar-refractivity contribution in [3.63, 3.8) is 0 Å². The Morgan fingerprint density at radius 3 is 2.64 bits per heavy atom. The summed E-state index contributed by atoms with van der Waals surface area (Å²) in [4.78, 5) is 14.0. The second kappa shape index (κ2) is 3.75. The van der Waals surface area contributed by atoms with Gasteiger partial charge in [-0.05, 0) is 12.1 Å². The predicted octanol–water partition coefficient (Wildman–Crippen LogP) is 0.573. The Kier molecular flexibility index (Phi) is 2.85. The Balaban J connectivity index is 3.26. The van der Waals surface area contributed by atoms with Crippen LogP contribution in [-0.4, -0.2) is 30.2 Å². The highest BCUT2D eigenvalue weighted by Crippen LogP contribution is 2.08. The normalized spacial score (nSPS) is 11.2. The molecule has 0 aliphatic heterocycles. The lowest BCUT2D eigenvalue weighted by molar-refractivity contribution is 0.0689. The van der Waals surface area contributed by atoms with Crippen molar-refractivity contribution in [3.8, 4) is 0 Å². The van der Waals surface area contributed by atoms with Gasteiger partial charge >= 0.3 is 5.97 Å². The van der Waals surface area contributed by atoms with Crippen molar-refractivity contribution in [1.29, 1.82) is 0 Å². The molecule has 1 rings (SSSR count). The van der Waals surface area contributed by atoms with E-state index in [0.29, 0.717) is 0 Å². The summed E-state index contributed by atoms with van der Waals surface area (Å²) in [5.74, 6) is -1.33. The van der Waals surface area contributed by atoms with Crippen molar-refractivity contribution in [1.82, 2.24) is 4.98 Å². The number of nitrogens with zero attached hydrogens (tertiary/aromatic N) is 1. The summed E-state index contributed by atoms with van der Waals surface area (Å²) in [6.45, 7) is 1.48. The average Bonchev–Trinajstić information content (AvgIpc) is 2.18. The molecule has 14 heavy (non-hydrogen) atoms. The van der Waals surface area contributed by atoms with Crippen molar-refractivity contribution < 1.29 is 18.3 Å². The molecule has 76 valence electrons. The second-order valence-corrected chi connectivity index (χ2v) is 4.79. The maximum Gasteiger partial charge on any atom is 0.354 e. The zero-order valence-electron chi connectivity index (χ0n) is 7.47. The standard InChI is InChI=1S/C8H9NO4S/c1-2-14(12,13)7-5-3-4-6(9-7)8(10)11/h3-5H,2H2,1H3,(H,10,11). The van der Waals surface area contributed by atoms with E-state index >= 15 is 0 Å². The number of aromatic nitrogens is 1. The van der Waals surface area contributed by atoms with Crippen LogP contribution in [0.25, 0.3) is 0 Å². The Morgan fingerprint density at radius 2 is 2.14 bits per heavy atom. The lowest BCUT2D eigenvalue weighted by Gasteiger charge is -2.00. The number of carboxylic acids is 1. The highest BCUT2D eigenvalue weighted by Gasteiger charge is 2.15. The number of hydrogen-bond acceptors (Lipinski definition) is 4. The van der Waals surface area contributed by atoms with Crippen LogP contribution in [0.5, 0.6) is 0 Å². The molecule has 0 aromatic carbocycles. The smallest absolute Gasteiger partial charge is 0.354 e. The first-order chi connectivity index (χ1) is 6.47. The van der Waals surface area contributed by atoms with Gasteiger partial charge in [0.15, 0.2) is 14.9 Å². The molecule has 0 bridgehead atoms. The number of pyridine rings is 1. The highest BCUT2D eigenvalue weighted by atomic mass is 32.2. The van der Waals surface area contributed by atoms with Gasteiger partial charge in [0, 0.05) is 0 Å². The largest absolute Gasteiger partial charge is 0.477 e. The van der Waals surface area contributed by atoms with Crippen molar-refractivity contribution in [2.45, 2.75) is 11.9 Å². The van der Waals surface area contributed by atoms with E-state index in [1.165, 1.54) is 25.1 Å². The summed E-state index contributed by atoms with van der Waals surface area (Å²) >= 11 is 0. The van der Waals surface area contributed by atoms with E-state index in [0.717, 1.165) is 0 Å².